The van der Waals surface area contributed by atoms with Gasteiger partial charge in [0.15, 0.2) is 0 Å². The lowest BCUT2D eigenvalue weighted by Gasteiger charge is -2.08. The topological polar surface area (TPSA) is 72.2 Å². The van der Waals surface area contributed by atoms with Crippen LogP contribution in [0.5, 0.6) is 0 Å². The average Bonchev–Trinajstić information content (AvgIpc) is 2.54. The zero-order chi connectivity index (χ0) is 15.5. The predicted octanol–water partition coefficient (Wildman–Crippen LogP) is 3.19. The second-order valence-electron chi connectivity index (χ2n) is 4.93. The van der Waals surface area contributed by atoms with Crippen LogP contribution in [0.25, 0.3) is 10.8 Å². The number of amides is 2. The molecule has 0 aliphatic heterocycles. The molecule has 3 aromatic rings. The van der Waals surface area contributed by atoms with Gasteiger partial charge >= 0.3 is 0 Å². The molecule has 0 unspecified atom stereocenters. The van der Waals surface area contributed by atoms with Crippen molar-refractivity contribution in [2.24, 2.45) is 5.73 Å². The molecular weight excluding hydrogens is 276 g/mol. The molecule has 2 amide bonds. The van der Waals surface area contributed by atoms with Crippen LogP contribution < -0.4 is 11.1 Å². The van der Waals surface area contributed by atoms with Crippen LogP contribution in [0.2, 0.25) is 0 Å². The van der Waals surface area contributed by atoms with Gasteiger partial charge in [0.1, 0.15) is 0 Å². The summed E-state index contributed by atoms with van der Waals surface area (Å²) >= 11 is 0. The van der Waals surface area contributed by atoms with Crippen molar-refractivity contribution in [1.29, 1.82) is 0 Å². The van der Waals surface area contributed by atoms with E-state index < -0.39 is 5.91 Å². The van der Waals surface area contributed by atoms with Crippen LogP contribution >= 0.6 is 0 Å². The SMILES string of the molecule is NC(=O)c1cccc(NC(=O)c2cccc3ccccc23)c1. The number of benzene rings is 3. The predicted molar refractivity (Wildman–Crippen MR) is 86.9 cm³/mol. The largest absolute Gasteiger partial charge is 0.366 e. The summed E-state index contributed by atoms with van der Waals surface area (Å²) < 4.78 is 0. The van der Waals surface area contributed by atoms with Crippen molar-refractivity contribution in [2.75, 3.05) is 5.32 Å². The minimum absolute atomic E-state index is 0.224. The Morgan fingerprint density at radius 2 is 1.59 bits per heavy atom. The number of hydrogen-bond donors (Lipinski definition) is 2. The lowest BCUT2D eigenvalue weighted by atomic mass is 10.0. The van der Waals surface area contributed by atoms with E-state index in [1.807, 2.05) is 36.4 Å². The fraction of sp³-hybridized carbons (Fsp3) is 0. The quantitative estimate of drug-likeness (QED) is 0.777. The molecule has 22 heavy (non-hydrogen) atoms. The highest BCUT2D eigenvalue weighted by atomic mass is 16.2. The maximum Gasteiger partial charge on any atom is 0.256 e. The molecule has 108 valence electrons. The van der Waals surface area contributed by atoms with Crippen molar-refractivity contribution in [3.05, 3.63) is 77.9 Å². The van der Waals surface area contributed by atoms with Gasteiger partial charge in [-0.2, -0.15) is 0 Å². The van der Waals surface area contributed by atoms with Crippen molar-refractivity contribution in [3.63, 3.8) is 0 Å². The normalized spacial score (nSPS) is 10.4. The van der Waals surface area contributed by atoms with E-state index in [1.54, 1.807) is 30.3 Å². The Kier molecular flexibility index (Phi) is 3.58. The smallest absolute Gasteiger partial charge is 0.256 e. The van der Waals surface area contributed by atoms with Crippen LogP contribution in [-0.2, 0) is 0 Å². The van der Waals surface area contributed by atoms with Crippen LogP contribution in [0.1, 0.15) is 20.7 Å². The number of nitrogens with two attached hydrogens (primary N) is 1. The Bertz CT molecular complexity index is 866. The van der Waals surface area contributed by atoms with Crippen molar-refractivity contribution >= 4 is 28.3 Å². The summed E-state index contributed by atoms with van der Waals surface area (Å²) in [4.78, 5) is 23.7. The zero-order valence-corrected chi connectivity index (χ0v) is 11.7. The third-order valence-corrected chi connectivity index (χ3v) is 3.44. The van der Waals surface area contributed by atoms with E-state index in [2.05, 4.69) is 5.32 Å². The highest BCUT2D eigenvalue weighted by molar-refractivity contribution is 6.13. The summed E-state index contributed by atoms with van der Waals surface area (Å²) in [6, 6.07) is 19.8. The minimum Gasteiger partial charge on any atom is -0.366 e. The van der Waals surface area contributed by atoms with Crippen molar-refractivity contribution in [2.45, 2.75) is 0 Å². The molecule has 0 radical (unpaired) electrons. The van der Waals surface area contributed by atoms with E-state index >= 15 is 0 Å². The first-order valence-corrected chi connectivity index (χ1v) is 6.84. The number of hydrogen-bond acceptors (Lipinski definition) is 2. The van der Waals surface area contributed by atoms with Crippen LogP contribution in [-0.4, -0.2) is 11.8 Å². The molecule has 0 aliphatic rings. The van der Waals surface area contributed by atoms with Gasteiger partial charge in [-0.05, 0) is 35.0 Å². The van der Waals surface area contributed by atoms with Gasteiger partial charge < -0.3 is 11.1 Å². The molecule has 4 nitrogen and oxygen atoms in total. The monoisotopic (exact) mass is 290 g/mol. The van der Waals surface area contributed by atoms with Gasteiger partial charge in [-0.15, -0.1) is 0 Å². The van der Waals surface area contributed by atoms with E-state index in [9.17, 15) is 9.59 Å². The molecule has 0 bridgehead atoms. The first kappa shape index (κ1) is 13.8. The summed E-state index contributed by atoms with van der Waals surface area (Å²) in [7, 11) is 0. The van der Waals surface area contributed by atoms with E-state index in [0.717, 1.165) is 10.8 Å². The van der Waals surface area contributed by atoms with Crippen molar-refractivity contribution in [3.8, 4) is 0 Å². The Labute approximate surface area is 127 Å². The fourth-order valence-corrected chi connectivity index (χ4v) is 2.37. The molecule has 0 aromatic heterocycles. The highest BCUT2D eigenvalue weighted by Gasteiger charge is 2.10. The Morgan fingerprint density at radius 3 is 2.41 bits per heavy atom. The Hall–Kier alpha value is -3.14. The summed E-state index contributed by atoms with van der Waals surface area (Å²) in [6.07, 6.45) is 0. The molecule has 3 rings (SSSR count). The third kappa shape index (κ3) is 2.67. The number of fused-ring (bicyclic) bond motifs is 1. The lowest BCUT2D eigenvalue weighted by Crippen LogP contribution is -2.14. The van der Waals surface area contributed by atoms with Crippen LogP contribution in [0.4, 0.5) is 5.69 Å². The first-order chi connectivity index (χ1) is 10.6. The van der Waals surface area contributed by atoms with Gasteiger partial charge in [-0.25, -0.2) is 0 Å². The van der Waals surface area contributed by atoms with Crippen LogP contribution in [0, 0.1) is 0 Å². The number of rotatable bonds is 3. The van der Waals surface area contributed by atoms with Gasteiger partial charge in [0.25, 0.3) is 5.91 Å². The minimum atomic E-state index is -0.527. The van der Waals surface area contributed by atoms with Gasteiger partial charge in [0.2, 0.25) is 5.91 Å². The van der Waals surface area contributed by atoms with Gasteiger partial charge in [0, 0.05) is 16.8 Å². The second kappa shape index (κ2) is 5.69. The summed E-state index contributed by atoms with van der Waals surface area (Å²) in [5.74, 6) is -0.750. The Balaban J connectivity index is 1.94. The van der Waals surface area contributed by atoms with Crippen molar-refractivity contribution < 1.29 is 9.59 Å². The molecule has 0 heterocycles. The van der Waals surface area contributed by atoms with E-state index in [0.29, 0.717) is 16.8 Å². The third-order valence-electron chi connectivity index (χ3n) is 3.44. The number of nitrogens with one attached hydrogen (secondary N) is 1. The molecule has 0 atom stereocenters. The molecular formula is C18H14N2O2. The van der Waals surface area contributed by atoms with E-state index in [1.165, 1.54) is 0 Å². The molecule has 0 fully saturated rings. The Morgan fingerprint density at radius 1 is 0.864 bits per heavy atom. The summed E-state index contributed by atoms with van der Waals surface area (Å²) in [5.41, 5.74) is 6.73. The molecule has 0 saturated heterocycles. The van der Waals surface area contributed by atoms with Gasteiger partial charge in [0.05, 0.1) is 0 Å². The fourth-order valence-electron chi connectivity index (χ4n) is 2.37. The average molecular weight is 290 g/mol. The maximum absolute atomic E-state index is 12.5. The van der Waals surface area contributed by atoms with Crippen molar-refractivity contribution in [1.82, 2.24) is 0 Å². The second-order valence-corrected chi connectivity index (χ2v) is 4.93. The summed E-state index contributed by atoms with van der Waals surface area (Å²) in [6.45, 7) is 0. The molecule has 3 aromatic carbocycles. The molecule has 4 heteroatoms. The number of primary amides is 1. The number of anilines is 1. The standard InChI is InChI=1S/C18H14N2O2/c19-17(21)13-7-3-8-14(11-13)20-18(22)16-10-4-6-12-5-1-2-9-15(12)16/h1-11H,(H2,19,21)(H,20,22). The van der Waals surface area contributed by atoms with Gasteiger partial charge in [-0.1, -0.05) is 42.5 Å². The highest BCUT2D eigenvalue weighted by Crippen LogP contribution is 2.20. The number of carbonyl (C=O) groups is 2. The lowest BCUT2D eigenvalue weighted by molar-refractivity contribution is 0.0996. The molecule has 0 aliphatic carbocycles. The first-order valence-electron chi connectivity index (χ1n) is 6.84. The van der Waals surface area contributed by atoms with Gasteiger partial charge in [-0.3, -0.25) is 9.59 Å². The maximum atomic E-state index is 12.5. The molecule has 3 N–H and O–H groups in total. The van der Waals surface area contributed by atoms with Crippen LogP contribution in [0.15, 0.2) is 66.7 Å². The molecule has 0 spiro atoms. The summed E-state index contributed by atoms with van der Waals surface area (Å²) in [5, 5.41) is 4.68. The number of carbonyl (C=O) groups excluding carboxylic acids is 2. The van der Waals surface area contributed by atoms with E-state index in [-0.39, 0.29) is 5.91 Å². The molecule has 0 saturated carbocycles. The van der Waals surface area contributed by atoms with Crippen LogP contribution in [0.3, 0.4) is 0 Å². The zero-order valence-electron chi connectivity index (χ0n) is 11.7. The van der Waals surface area contributed by atoms with E-state index in [4.69, 9.17) is 5.73 Å².